The van der Waals surface area contributed by atoms with Gasteiger partial charge in [0.2, 0.25) is 0 Å². The van der Waals surface area contributed by atoms with Crippen LogP contribution < -0.4 is 15.5 Å². The van der Waals surface area contributed by atoms with Crippen molar-refractivity contribution >= 4 is 27.5 Å². The van der Waals surface area contributed by atoms with Crippen molar-refractivity contribution in [2.75, 3.05) is 37.3 Å². The van der Waals surface area contributed by atoms with Gasteiger partial charge in [-0.3, -0.25) is 4.18 Å². The third-order valence-electron chi connectivity index (χ3n) is 2.31. The van der Waals surface area contributed by atoms with Crippen molar-refractivity contribution in [3.63, 3.8) is 0 Å². The van der Waals surface area contributed by atoms with Crippen LogP contribution in [-0.4, -0.2) is 41.5 Å². The number of carbonyl (C=O) groups is 1. The molecule has 0 bridgehead atoms. The van der Waals surface area contributed by atoms with Crippen molar-refractivity contribution in [2.24, 2.45) is 0 Å². The molecule has 1 aromatic carbocycles. The van der Waals surface area contributed by atoms with Gasteiger partial charge in [-0.25, -0.2) is 4.79 Å². The lowest BCUT2D eigenvalue weighted by molar-refractivity contribution is 0.253. The second-order valence-corrected chi connectivity index (χ2v) is 5.68. The summed E-state index contributed by atoms with van der Waals surface area (Å²) < 4.78 is 26.2. The Labute approximate surface area is 112 Å². The minimum absolute atomic E-state index is 0.568. The lowest BCUT2D eigenvalue weighted by Crippen LogP contribution is -2.33. The molecule has 0 spiro atoms. The number of nitrogens with zero attached hydrogens (tertiary/aromatic N) is 1. The number of hydrogen-bond donors (Lipinski definition) is 2. The van der Waals surface area contributed by atoms with Crippen LogP contribution in [0, 0.1) is 0 Å². The van der Waals surface area contributed by atoms with Crippen LogP contribution in [-0.2, 0) is 14.3 Å². The molecule has 1 aromatic rings. The summed E-state index contributed by atoms with van der Waals surface area (Å²) in [7, 11) is 1.15. The van der Waals surface area contributed by atoms with Crippen LogP contribution in [0.3, 0.4) is 0 Å². The number of hydrogen-bond acceptors (Lipinski definition) is 5. The van der Waals surface area contributed by atoms with Crippen molar-refractivity contribution in [3.05, 3.63) is 24.3 Å². The summed E-state index contributed by atoms with van der Waals surface area (Å²) in [5, 5.41) is 4.70. The maximum atomic E-state index is 11.4. The molecule has 0 saturated carbocycles. The number of nitrogens with one attached hydrogen (secondary N) is 2. The number of amides is 2. The summed E-state index contributed by atoms with van der Waals surface area (Å²) in [6, 6.07) is 6.50. The van der Waals surface area contributed by atoms with Gasteiger partial charge in [-0.2, -0.15) is 8.42 Å². The number of benzene rings is 1. The van der Waals surface area contributed by atoms with E-state index < -0.39 is 22.0 Å². The number of anilines is 2. The summed E-state index contributed by atoms with van der Waals surface area (Å²) in [4.78, 5) is 13.4. The van der Waals surface area contributed by atoms with Crippen molar-refractivity contribution in [1.82, 2.24) is 5.32 Å². The van der Waals surface area contributed by atoms with Crippen molar-refractivity contribution < 1.29 is 17.4 Å². The Hall–Kier alpha value is -1.80. The normalized spacial score (nSPS) is 10.9. The van der Waals surface area contributed by atoms with E-state index in [9.17, 15) is 13.2 Å². The fourth-order valence-corrected chi connectivity index (χ4v) is 1.66. The van der Waals surface area contributed by atoms with Crippen LogP contribution in [0.15, 0.2) is 24.3 Å². The molecular weight excluding hydrogens is 270 g/mol. The van der Waals surface area contributed by atoms with Crippen LogP contribution in [0.25, 0.3) is 0 Å². The number of urea groups is 1. The lowest BCUT2D eigenvalue weighted by atomic mass is 10.2. The van der Waals surface area contributed by atoms with Crippen LogP contribution >= 0.6 is 0 Å². The van der Waals surface area contributed by atoms with E-state index in [1.807, 2.05) is 31.1 Å². The quantitative estimate of drug-likeness (QED) is 0.782. The van der Waals surface area contributed by atoms with E-state index in [2.05, 4.69) is 14.8 Å². The van der Waals surface area contributed by atoms with E-state index in [4.69, 9.17) is 0 Å². The van der Waals surface area contributed by atoms with Gasteiger partial charge < -0.3 is 15.5 Å². The molecule has 0 unspecified atom stereocenters. The molecule has 19 heavy (non-hydrogen) atoms. The summed E-state index contributed by atoms with van der Waals surface area (Å²) >= 11 is 0. The summed E-state index contributed by atoms with van der Waals surface area (Å²) in [5.74, 6) is -0.578. The predicted molar refractivity (Wildman–Crippen MR) is 73.7 cm³/mol. The third-order valence-corrected chi connectivity index (χ3v) is 3.31. The Kier molecular flexibility index (Phi) is 5.13. The molecule has 0 aliphatic heterocycles. The summed E-state index contributed by atoms with van der Waals surface area (Å²) in [6.45, 7) is 0. The molecule has 0 atom stereocenters. The first-order valence-corrected chi connectivity index (χ1v) is 7.02. The molecule has 0 aromatic heterocycles. The SMILES string of the molecule is COS(=O)(=O)CNC(=O)Nc1ccc(N(C)C)cc1. The molecule has 7 nitrogen and oxygen atoms in total. The fraction of sp³-hybridized carbons (Fsp3) is 0.364. The molecule has 0 fully saturated rings. The van der Waals surface area contributed by atoms with E-state index in [0.29, 0.717) is 5.69 Å². The molecule has 0 heterocycles. The standard InChI is InChI=1S/C11H17N3O4S/c1-14(2)10-6-4-9(5-7-10)13-11(15)12-8-19(16,17)18-3/h4-7H,8H2,1-3H3,(H2,12,13,15). The van der Waals surface area contributed by atoms with Crippen molar-refractivity contribution in [1.29, 1.82) is 0 Å². The largest absolute Gasteiger partial charge is 0.378 e. The van der Waals surface area contributed by atoms with Gasteiger partial charge in [-0.1, -0.05) is 0 Å². The van der Waals surface area contributed by atoms with Gasteiger partial charge in [0.25, 0.3) is 10.1 Å². The van der Waals surface area contributed by atoms with E-state index in [0.717, 1.165) is 12.8 Å². The Balaban J connectivity index is 2.53. The predicted octanol–water partition coefficient (Wildman–Crippen LogP) is 0.808. The maximum absolute atomic E-state index is 11.4. The first kappa shape index (κ1) is 15.3. The Morgan fingerprint density at radius 2 is 1.84 bits per heavy atom. The Morgan fingerprint density at radius 3 is 2.32 bits per heavy atom. The minimum Gasteiger partial charge on any atom is -0.378 e. The highest BCUT2D eigenvalue weighted by Crippen LogP contribution is 2.15. The summed E-state index contributed by atoms with van der Waals surface area (Å²) in [5.41, 5.74) is 1.56. The molecule has 106 valence electrons. The molecule has 2 N–H and O–H groups in total. The second kappa shape index (κ2) is 6.39. The van der Waals surface area contributed by atoms with Crippen LogP contribution in [0.5, 0.6) is 0 Å². The average Bonchev–Trinajstić information content (AvgIpc) is 2.37. The lowest BCUT2D eigenvalue weighted by Gasteiger charge is -2.13. The van der Waals surface area contributed by atoms with Gasteiger partial charge >= 0.3 is 6.03 Å². The molecule has 0 saturated heterocycles. The zero-order valence-corrected chi connectivity index (χ0v) is 11.8. The van der Waals surface area contributed by atoms with Crippen LogP contribution in [0.4, 0.5) is 16.2 Å². The van der Waals surface area contributed by atoms with Crippen LogP contribution in [0.2, 0.25) is 0 Å². The second-order valence-electron chi connectivity index (χ2n) is 3.94. The fourth-order valence-electron chi connectivity index (χ4n) is 1.23. The number of carbonyl (C=O) groups excluding carboxylic acids is 1. The van der Waals surface area contributed by atoms with Crippen molar-refractivity contribution in [3.8, 4) is 0 Å². The van der Waals surface area contributed by atoms with E-state index in [1.54, 1.807) is 12.1 Å². The molecule has 0 aliphatic rings. The average molecular weight is 287 g/mol. The minimum atomic E-state index is -3.70. The molecule has 1 rings (SSSR count). The van der Waals surface area contributed by atoms with Gasteiger partial charge in [0, 0.05) is 25.5 Å². The van der Waals surface area contributed by atoms with Crippen molar-refractivity contribution in [2.45, 2.75) is 0 Å². The zero-order chi connectivity index (χ0) is 14.5. The zero-order valence-electron chi connectivity index (χ0n) is 11.0. The monoisotopic (exact) mass is 287 g/mol. The first-order valence-electron chi connectivity index (χ1n) is 5.44. The van der Waals surface area contributed by atoms with Crippen LogP contribution in [0.1, 0.15) is 0 Å². The molecule has 0 radical (unpaired) electrons. The molecular formula is C11H17N3O4S. The van der Waals surface area contributed by atoms with Gasteiger partial charge in [0.05, 0.1) is 7.11 Å². The highest BCUT2D eigenvalue weighted by molar-refractivity contribution is 7.86. The maximum Gasteiger partial charge on any atom is 0.320 e. The van der Waals surface area contributed by atoms with Gasteiger partial charge in [-0.05, 0) is 24.3 Å². The van der Waals surface area contributed by atoms with E-state index in [1.165, 1.54) is 0 Å². The molecule has 0 aliphatic carbocycles. The smallest absolute Gasteiger partial charge is 0.320 e. The number of rotatable bonds is 5. The van der Waals surface area contributed by atoms with E-state index in [-0.39, 0.29) is 0 Å². The summed E-state index contributed by atoms with van der Waals surface area (Å²) in [6.07, 6.45) is 0. The Morgan fingerprint density at radius 1 is 1.26 bits per heavy atom. The van der Waals surface area contributed by atoms with Gasteiger partial charge in [-0.15, -0.1) is 0 Å². The van der Waals surface area contributed by atoms with E-state index >= 15 is 0 Å². The molecule has 8 heteroatoms. The topological polar surface area (TPSA) is 87.7 Å². The first-order chi connectivity index (χ1) is 8.84. The van der Waals surface area contributed by atoms with Gasteiger partial charge in [0.15, 0.2) is 0 Å². The highest BCUT2D eigenvalue weighted by Gasteiger charge is 2.10. The third kappa shape index (κ3) is 5.14. The van der Waals surface area contributed by atoms with Gasteiger partial charge in [0.1, 0.15) is 5.88 Å². The highest BCUT2D eigenvalue weighted by atomic mass is 32.2. The molecule has 2 amide bonds. The Bertz CT molecular complexity index is 525.